The summed E-state index contributed by atoms with van der Waals surface area (Å²) in [4.78, 5) is 17.2. The average Bonchev–Trinajstić information content (AvgIpc) is 3.79. The van der Waals surface area contributed by atoms with Crippen molar-refractivity contribution in [1.82, 2.24) is 14.1 Å². The van der Waals surface area contributed by atoms with Gasteiger partial charge in [0.15, 0.2) is 5.82 Å². The number of rotatable bonds is 11. The van der Waals surface area contributed by atoms with Crippen LogP contribution in [0.1, 0.15) is 130 Å². The first-order valence-corrected chi connectivity index (χ1v) is 21.5. The van der Waals surface area contributed by atoms with Crippen molar-refractivity contribution in [1.29, 1.82) is 0 Å². The third-order valence-corrected chi connectivity index (χ3v) is 12.2. The van der Waals surface area contributed by atoms with Crippen LogP contribution in [0.3, 0.4) is 0 Å². The lowest BCUT2D eigenvalue weighted by molar-refractivity contribution is 0.0510. The van der Waals surface area contributed by atoms with E-state index in [9.17, 15) is 9.00 Å². The van der Waals surface area contributed by atoms with Crippen LogP contribution in [0.5, 0.6) is 11.6 Å². The predicted molar refractivity (Wildman–Crippen MR) is 230 cm³/mol. The molecule has 4 atom stereocenters. The molecule has 0 amide bonds. The van der Waals surface area contributed by atoms with E-state index in [2.05, 4.69) is 50.0 Å². The van der Waals surface area contributed by atoms with Crippen molar-refractivity contribution in [2.24, 2.45) is 22.2 Å². The van der Waals surface area contributed by atoms with E-state index in [1.165, 1.54) is 11.1 Å². The highest BCUT2D eigenvalue weighted by Gasteiger charge is 2.32. The molecular weight excluding hydrogens is 742 g/mol. The summed E-state index contributed by atoms with van der Waals surface area (Å²) in [5.74, 6) is 2.24. The molecule has 12 heteroatoms. The minimum absolute atomic E-state index is 0.0904. The fourth-order valence-corrected chi connectivity index (χ4v) is 8.07. The monoisotopic (exact) mass is 807 g/mol. The number of allylic oxidation sites excluding steroid dienone is 2. The van der Waals surface area contributed by atoms with Gasteiger partial charge in [0.05, 0.1) is 29.5 Å². The molecule has 314 valence electrons. The summed E-state index contributed by atoms with van der Waals surface area (Å²) >= 11 is 0. The van der Waals surface area contributed by atoms with Gasteiger partial charge < -0.3 is 19.5 Å². The first-order chi connectivity index (χ1) is 26.7. The summed E-state index contributed by atoms with van der Waals surface area (Å²) < 4.78 is 49.1. The van der Waals surface area contributed by atoms with Gasteiger partial charge in [-0.3, -0.25) is 4.99 Å². The number of halogens is 1. The highest BCUT2D eigenvalue weighted by Crippen LogP contribution is 2.35. The molecule has 2 heterocycles. The fraction of sp³-hybridized carbons (Fsp3) is 0.578. The second kappa shape index (κ2) is 19.6. The van der Waals surface area contributed by atoms with Crippen molar-refractivity contribution in [3.05, 3.63) is 82.4 Å². The molecule has 1 saturated carbocycles. The Morgan fingerprint density at radius 1 is 1.09 bits per heavy atom. The Kier molecular flexibility index (Phi) is 15.7. The number of hydrogen-bond acceptors (Lipinski definition) is 8. The van der Waals surface area contributed by atoms with Gasteiger partial charge in [0.2, 0.25) is 5.88 Å². The van der Waals surface area contributed by atoms with Gasteiger partial charge in [-0.25, -0.2) is 17.7 Å². The van der Waals surface area contributed by atoms with E-state index < -0.39 is 22.7 Å². The van der Waals surface area contributed by atoms with Crippen molar-refractivity contribution in [2.45, 2.75) is 138 Å². The Hall–Kier alpha value is -4.03. The molecule has 1 N–H and O–H groups in total. The number of methoxy groups -OCH3 is 1. The maximum atomic E-state index is 15.9. The second-order valence-corrected chi connectivity index (χ2v) is 19.1. The number of aliphatic imine (C=N–C) groups is 1. The van der Waals surface area contributed by atoms with Crippen molar-refractivity contribution in [2.75, 3.05) is 19.5 Å². The minimum atomic E-state index is -1.26. The smallest absolute Gasteiger partial charge is 0.435 e. The van der Waals surface area contributed by atoms with Crippen molar-refractivity contribution in [3.63, 3.8) is 0 Å². The van der Waals surface area contributed by atoms with Gasteiger partial charge in [0, 0.05) is 54.8 Å². The molecule has 1 aliphatic carbocycles. The van der Waals surface area contributed by atoms with Crippen LogP contribution in [0.2, 0.25) is 0 Å². The number of carbonyl (C=O) groups is 1. The fourth-order valence-electron chi connectivity index (χ4n) is 6.78. The first kappa shape index (κ1) is 45.7. The molecule has 57 heavy (non-hydrogen) atoms. The number of anilines is 1. The molecule has 0 radical (unpaired) electrons. The van der Waals surface area contributed by atoms with Gasteiger partial charge in [-0.05, 0) is 99.6 Å². The van der Waals surface area contributed by atoms with Crippen LogP contribution < -0.4 is 14.8 Å². The molecule has 1 fully saturated rings. The van der Waals surface area contributed by atoms with Crippen molar-refractivity contribution in [3.8, 4) is 11.6 Å². The number of nitrogens with one attached hydrogen (secondary N) is 1. The maximum Gasteiger partial charge on any atom is 0.435 e. The molecule has 10 nitrogen and oxygen atoms in total. The highest BCUT2D eigenvalue weighted by molar-refractivity contribution is 7.81. The van der Waals surface area contributed by atoms with Gasteiger partial charge >= 0.3 is 6.09 Å². The van der Waals surface area contributed by atoms with Gasteiger partial charge in [0.25, 0.3) is 0 Å². The number of fused-ring (bicyclic) bond motifs is 1. The molecule has 0 bridgehead atoms. The van der Waals surface area contributed by atoms with E-state index in [1.54, 1.807) is 30.7 Å². The summed E-state index contributed by atoms with van der Waals surface area (Å²) in [6.45, 7) is 23.5. The zero-order chi connectivity index (χ0) is 42.2. The Balaban J connectivity index is 0.000000812. The van der Waals surface area contributed by atoms with E-state index in [0.717, 1.165) is 59.0 Å². The van der Waals surface area contributed by atoms with Crippen LogP contribution in [0.15, 0.2) is 59.4 Å². The number of benzene rings is 2. The molecular formula is C45H66FN5O5S. The summed E-state index contributed by atoms with van der Waals surface area (Å²) in [6, 6.07) is 11.2. The zero-order valence-corrected chi connectivity index (χ0v) is 37.3. The standard InChI is InChI=1S/C37H48FN5O5S.C8H18/c1-23(2)30-21-43(36(44)48-37(4,5)6)41-35(30)47-29-15-11-26(18-29)33(39-7)17-24(3)40-32-16-12-27-22-49(45)42(20-31(27)34(32)38)19-25-9-13-28(46-8)14-10-25;1-6-7(2)8(3,4)5/h9-10,12-14,16-17,21,23,26,29,40H,11,15,18-20,22H2,1-8H3;7H,6H2,1-5H3/b24-17+,39-33?;. The number of nitrogens with zero attached hydrogens (tertiary/aromatic N) is 4. The Bertz CT molecular complexity index is 1910. The van der Waals surface area contributed by atoms with Crippen LogP contribution in [0.4, 0.5) is 14.9 Å². The van der Waals surface area contributed by atoms with Crippen LogP contribution in [-0.2, 0) is 34.6 Å². The van der Waals surface area contributed by atoms with E-state index in [0.29, 0.717) is 29.1 Å². The van der Waals surface area contributed by atoms with Gasteiger partial charge in [-0.15, -0.1) is 5.10 Å². The lowest BCUT2D eigenvalue weighted by atomic mass is 9.81. The largest absolute Gasteiger partial charge is 0.497 e. The number of aromatic nitrogens is 2. The average molecular weight is 808 g/mol. The number of ether oxygens (including phenoxy) is 3. The van der Waals surface area contributed by atoms with Crippen LogP contribution in [-0.4, -0.2) is 56.0 Å². The quantitative estimate of drug-likeness (QED) is 0.192. The molecule has 0 saturated heterocycles. The second-order valence-electron chi connectivity index (χ2n) is 17.7. The molecule has 4 unspecified atom stereocenters. The summed E-state index contributed by atoms with van der Waals surface area (Å²) in [5, 5.41) is 7.69. The summed E-state index contributed by atoms with van der Waals surface area (Å²) in [6.07, 6.45) is 6.74. The Morgan fingerprint density at radius 2 is 1.77 bits per heavy atom. The van der Waals surface area contributed by atoms with Crippen molar-refractivity contribution >= 4 is 28.5 Å². The SMILES string of the molecule is CCC(C)C(C)(C)C.CN=C(/C=C(\C)Nc1ccc2c(c1F)CN(Cc1ccc(OC)cc1)S(=O)C2)C1CCC(Oc2nn(C(=O)OC(C)(C)C)cc2C(C)C)C1. The molecule has 2 aromatic carbocycles. The first-order valence-electron chi connectivity index (χ1n) is 20.2. The minimum Gasteiger partial charge on any atom is -0.497 e. The van der Waals surface area contributed by atoms with E-state index in [4.69, 9.17) is 14.2 Å². The maximum absolute atomic E-state index is 15.9. The Labute approximate surface area is 343 Å². The number of carbonyl (C=O) groups excluding carboxylic acids is 1. The molecule has 3 aromatic rings. The van der Waals surface area contributed by atoms with E-state index in [-0.39, 0.29) is 36.1 Å². The third-order valence-electron chi connectivity index (χ3n) is 10.8. The predicted octanol–water partition coefficient (Wildman–Crippen LogP) is 10.8. The Morgan fingerprint density at radius 3 is 2.33 bits per heavy atom. The zero-order valence-electron chi connectivity index (χ0n) is 36.5. The van der Waals surface area contributed by atoms with Crippen LogP contribution in [0.25, 0.3) is 0 Å². The van der Waals surface area contributed by atoms with Gasteiger partial charge in [0.1, 0.15) is 17.5 Å². The molecule has 1 aromatic heterocycles. The molecule has 2 aliphatic rings. The molecule has 1 aliphatic heterocycles. The molecule has 5 rings (SSSR count). The number of hydrogen-bond donors (Lipinski definition) is 1. The van der Waals surface area contributed by atoms with Gasteiger partial charge in [-0.2, -0.15) is 4.68 Å². The van der Waals surface area contributed by atoms with Crippen LogP contribution >= 0.6 is 0 Å². The van der Waals surface area contributed by atoms with Crippen molar-refractivity contribution < 1.29 is 27.6 Å². The normalized spacial score (nSPS) is 19.7. The lowest BCUT2D eigenvalue weighted by Gasteiger charge is -2.28. The highest BCUT2D eigenvalue weighted by atomic mass is 32.2. The van der Waals surface area contributed by atoms with Crippen LogP contribution in [0, 0.1) is 23.1 Å². The third kappa shape index (κ3) is 12.7. The molecule has 0 spiro atoms. The van der Waals surface area contributed by atoms with E-state index >= 15 is 4.39 Å². The van der Waals surface area contributed by atoms with E-state index in [1.807, 2.05) is 78.0 Å². The topological polar surface area (TPSA) is 107 Å². The van der Waals surface area contributed by atoms with Gasteiger partial charge in [-0.1, -0.05) is 73.1 Å². The summed E-state index contributed by atoms with van der Waals surface area (Å²) in [5.41, 5.74) is 5.05. The lowest BCUT2D eigenvalue weighted by Crippen LogP contribution is -2.31. The summed E-state index contributed by atoms with van der Waals surface area (Å²) in [7, 11) is 2.13.